The molecule has 2 fully saturated rings. The monoisotopic (exact) mass is 1140 g/mol. The molecule has 0 saturated carbocycles. The van der Waals surface area contributed by atoms with Crippen molar-refractivity contribution in [2.75, 3.05) is 64.0 Å². The molecule has 12 heteroatoms. The second-order valence-corrected chi connectivity index (χ2v) is 25.6. The van der Waals surface area contributed by atoms with Crippen molar-refractivity contribution in [2.45, 2.75) is 232 Å². The van der Waals surface area contributed by atoms with Crippen LogP contribution >= 0.6 is 21.6 Å². The lowest BCUT2D eigenvalue weighted by atomic mass is 9.99. The number of likely N-dealkylation sites (tertiary alicyclic amines) is 2. The van der Waals surface area contributed by atoms with Crippen LogP contribution in [0.1, 0.15) is 230 Å². The summed E-state index contributed by atoms with van der Waals surface area (Å²) in [4.78, 5) is 55.5. The third-order valence-electron chi connectivity index (χ3n) is 15.5. The average molecular weight is 1150 g/mol. The van der Waals surface area contributed by atoms with Gasteiger partial charge in [-0.1, -0.05) is 187 Å². The van der Waals surface area contributed by atoms with Crippen LogP contribution in [0.15, 0.2) is 72.8 Å². The van der Waals surface area contributed by atoms with E-state index in [0.29, 0.717) is 49.4 Å². The number of piperidine rings is 2. The summed E-state index contributed by atoms with van der Waals surface area (Å²) in [7, 11) is 3.88. The Labute approximate surface area is 494 Å². The molecule has 2 aromatic carbocycles. The summed E-state index contributed by atoms with van der Waals surface area (Å²) < 4.78 is 22.7. The molecule has 0 spiro atoms. The highest BCUT2D eigenvalue weighted by Gasteiger charge is 2.23. The lowest BCUT2D eigenvalue weighted by Crippen LogP contribution is -2.39. The molecule has 2 heterocycles. The van der Waals surface area contributed by atoms with E-state index in [-0.39, 0.29) is 36.7 Å². The number of carbonyl (C=O) groups is 4. The molecule has 0 aromatic heterocycles. The zero-order chi connectivity index (χ0) is 56.8. The highest BCUT2D eigenvalue weighted by atomic mass is 33.1. The van der Waals surface area contributed by atoms with Gasteiger partial charge in [-0.05, 0) is 138 Å². The van der Waals surface area contributed by atoms with Crippen LogP contribution in [0.25, 0.3) is 0 Å². The molecule has 80 heavy (non-hydrogen) atoms. The number of carbonyl (C=O) groups excluding carboxylic acids is 4. The third kappa shape index (κ3) is 36.1. The Bertz CT molecular complexity index is 1820. The molecule has 2 aromatic rings. The lowest BCUT2D eigenvalue weighted by Gasteiger charge is -2.32. The van der Waals surface area contributed by atoms with Crippen LogP contribution in [-0.4, -0.2) is 97.7 Å². The van der Waals surface area contributed by atoms with Crippen LogP contribution in [0.5, 0.6) is 11.5 Å². The van der Waals surface area contributed by atoms with E-state index in [4.69, 9.17) is 18.9 Å². The van der Waals surface area contributed by atoms with Crippen LogP contribution < -0.4 is 9.47 Å². The second kappa shape index (κ2) is 46.9. The Balaban J connectivity index is 0.937. The molecule has 2 unspecified atom stereocenters. The van der Waals surface area contributed by atoms with Gasteiger partial charge in [0.1, 0.15) is 11.5 Å². The van der Waals surface area contributed by atoms with Crippen molar-refractivity contribution in [3.63, 3.8) is 0 Å². The summed E-state index contributed by atoms with van der Waals surface area (Å²) in [6, 6.07) is 14.5. The fourth-order valence-electron chi connectivity index (χ4n) is 10.7. The lowest BCUT2D eigenvalue weighted by molar-refractivity contribution is -0.145. The van der Waals surface area contributed by atoms with Gasteiger partial charge in [0.25, 0.3) is 0 Å². The van der Waals surface area contributed by atoms with E-state index in [2.05, 4.69) is 48.0 Å². The van der Waals surface area contributed by atoms with Crippen molar-refractivity contribution in [1.82, 2.24) is 9.80 Å². The molecule has 0 aliphatic carbocycles. The van der Waals surface area contributed by atoms with Gasteiger partial charge in [0, 0.05) is 62.4 Å². The summed E-state index contributed by atoms with van der Waals surface area (Å²) >= 11 is 0. The van der Waals surface area contributed by atoms with Gasteiger partial charge >= 0.3 is 23.9 Å². The number of ether oxygens (including phenoxy) is 4. The fourth-order valence-corrected chi connectivity index (χ4v) is 12.7. The highest BCUT2D eigenvalue weighted by Crippen LogP contribution is 2.26. The number of esters is 4. The van der Waals surface area contributed by atoms with Gasteiger partial charge in [-0.15, -0.1) is 0 Å². The van der Waals surface area contributed by atoms with Gasteiger partial charge in [-0.3, -0.25) is 19.2 Å². The fraction of sp³-hybridized carbons (Fsp3) is 0.706. The van der Waals surface area contributed by atoms with Crippen molar-refractivity contribution in [3.8, 4) is 11.5 Å². The Morgan fingerprint density at radius 2 is 0.787 bits per heavy atom. The van der Waals surface area contributed by atoms with Crippen LogP contribution in [0.3, 0.4) is 0 Å². The molecule has 2 saturated heterocycles. The van der Waals surface area contributed by atoms with Gasteiger partial charge in [-0.25, -0.2) is 0 Å². The van der Waals surface area contributed by atoms with E-state index >= 15 is 0 Å². The minimum absolute atomic E-state index is 0.201. The highest BCUT2D eigenvalue weighted by molar-refractivity contribution is 8.76. The zero-order valence-electron chi connectivity index (χ0n) is 50.2. The molecule has 0 amide bonds. The smallest absolute Gasteiger partial charge is 0.311 e. The summed E-state index contributed by atoms with van der Waals surface area (Å²) in [5.41, 5.74) is 1.70. The van der Waals surface area contributed by atoms with Crippen molar-refractivity contribution < 1.29 is 38.1 Å². The van der Waals surface area contributed by atoms with Crippen molar-refractivity contribution in [1.29, 1.82) is 0 Å². The standard InChI is InChI=1S/C68H108N2O8S2/c1-3-5-7-9-11-13-15-17-19-21-23-25-27-29-31-37-65(71)77-63-43-39-59(40-44-63)53-67(73)75-57-61-35-33-47-69(55-61)49-51-79-80-52-50-70-48-34-36-62(56-70)58-76-68(74)54-60-41-45-64(46-42-60)78-66(72)38-32-30-28-26-24-22-20-18-16-14-12-10-8-6-4-2/h17-20,39-46,61-62H,3-16,21-38,47-58H2,1-2H3/b19-17-,20-18-. The van der Waals surface area contributed by atoms with E-state index in [1.54, 1.807) is 24.3 Å². The van der Waals surface area contributed by atoms with E-state index < -0.39 is 0 Å². The zero-order valence-corrected chi connectivity index (χ0v) is 51.8. The summed E-state index contributed by atoms with van der Waals surface area (Å²) in [6.07, 6.45) is 46.9. The van der Waals surface area contributed by atoms with Gasteiger partial charge in [0.2, 0.25) is 0 Å². The van der Waals surface area contributed by atoms with Gasteiger partial charge < -0.3 is 28.7 Å². The number of unbranched alkanes of at least 4 members (excludes halogenated alkanes) is 22. The van der Waals surface area contributed by atoms with Gasteiger partial charge in [0.15, 0.2) is 0 Å². The molecule has 450 valence electrons. The van der Waals surface area contributed by atoms with E-state index in [1.807, 2.05) is 45.9 Å². The first kappa shape index (κ1) is 68.9. The summed E-state index contributed by atoms with van der Waals surface area (Å²) in [6.45, 7) is 11.6. The Morgan fingerprint density at radius 1 is 0.450 bits per heavy atom. The molecule has 2 aliphatic rings. The predicted octanol–water partition coefficient (Wildman–Crippen LogP) is 17.2. The third-order valence-corrected chi connectivity index (χ3v) is 17.9. The quantitative estimate of drug-likeness (QED) is 0.0207. The average Bonchev–Trinajstić information content (AvgIpc) is 3.46. The summed E-state index contributed by atoms with van der Waals surface area (Å²) in [5.74, 6) is 3.01. The molecular formula is C68H108N2O8S2. The first-order valence-electron chi connectivity index (χ1n) is 32.2. The second-order valence-electron chi connectivity index (χ2n) is 22.9. The number of allylic oxidation sites excluding steroid dienone is 4. The van der Waals surface area contributed by atoms with Gasteiger partial charge in [0.05, 0.1) is 26.1 Å². The van der Waals surface area contributed by atoms with Crippen molar-refractivity contribution in [3.05, 3.63) is 84.0 Å². The summed E-state index contributed by atoms with van der Waals surface area (Å²) in [5, 5.41) is 0. The predicted molar refractivity (Wildman–Crippen MR) is 336 cm³/mol. The largest absolute Gasteiger partial charge is 0.465 e. The number of hydrogen-bond acceptors (Lipinski definition) is 12. The van der Waals surface area contributed by atoms with E-state index in [9.17, 15) is 19.2 Å². The van der Waals surface area contributed by atoms with Gasteiger partial charge in [-0.2, -0.15) is 0 Å². The normalized spacial score (nSPS) is 16.1. The maximum Gasteiger partial charge on any atom is 0.311 e. The molecule has 0 N–H and O–H groups in total. The Kier molecular flexibility index (Phi) is 40.4. The first-order chi connectivity index (χ1) is 39.3. The number of rotatable bonds is 47. The van der Waals surface area contributed by atoms with Crippen LogP contribution in [0, 0.1) is 11.8 Å². The molecule has 0 radical (unpaired) electrons. The molecular weight excluding hydrogens is 1040 g/mol. The van der Waals surface area contributed by atoms with E-state index in [1.165, 1.54) is 116 Å². The number of benzene rings is 2. The maximum absolute atomic E-state index is 12.8. The number of nitrogens with zero attached hydrogens (tertiary/aromatic N) is 2. The number of hydrogen-bond donors (Lipinski definition) is 0. The topological polar surface area (TPSA) is 112 Å². The Hall–Kier alpha value is -3.58. The van der Waals surface area contributed by atoms with Crippen molar-refractivity contribution in [2.24, 2.45) is 11.8 Å². The minimum atomic E-state index is -0.220. The maximum atomic E-state index is 12.8. The van der Waals surface area contributed by atoms with Crippen LogP contribution in [-0.2, 0) is 41.5 Å². The molecule has 2 aliphatic heterocycles. The SMILES string of the molecule is CCCCCCCC/C=C\CCCCCCCC(=O)Oc1ccc(CC(=O)OCC2CCCN(CCSSCCN3CCCC(COC(=O)Cc4ccc(OC(=O)CCCCCCC/C=C\CCCCCCCC)cc4)C3)C2)cc1. The minimum Gasteiger partial charge on any atom is -0.465 e. The Morgan fingerprint density at radius 3 is 1.15 bits per heavy atom. The molecule has 10 nitrogen and oxygen atoms in total. The molecule has 2 atom stereocenters. The van der Waals surface area contributed by atoms with Crippen molar-refractivity contribution >= 4 is 45.5 Å². The molecule has 0 bridgehead atoms. The van der Waals surface area contributed by atoms with E-state index in [0.717, 1.165) is 139 Å². The van der Waals surface area contributed by atoms with Crippen LogP contribution in [0.4, 0.5) is 0 Å². The molecule has 4 rings (SSSR count). The first-order valence-corrected chi connectivity index (χ1v) is 34.7. The van der Waals surface area contributed by atoms with Crippen LogP contribution in [0.2, 0.25) is 0 Å².